The highest BCUT2D eigenvalue weighted by Crippen LogP contribution is 2.17. The van der Waals surface area contributed by atoms with Crippen molar-refractivity contribution in [1.29, 1.82) is 0 Å². The summed E-state index contributed by atoms with van der Waals surface area (Å²) in [5.41, 5.74) is 0.958. The number of hydrogen-bond acceptors (Lipinski definition) is 6. The summed E-state index contributed by atoms with van der Waals surface area (Å²) in [5, 5.41) is 6.36. The van der Waals surface area contributed by atoms with Gasteiger partial charge in [-0.05, 0) is 31.8 Å². The van der Waals surface area contributed by atoms with Crippen molar-refractivity contribution in [3.8, 4) is 0 Å². The van der Waals surface area contributed by atoms with E-state index in [9.17, 15) is 4.79 Å². The van der Waals surface area contributed by atoms with Crippen molar-refractivity contribution in [1.82, 2.24) is 9.88 Å². The van der Waals surface area contributed by atoms with Crippen molar-refractivity contribution in [3.05, 3.63) is 11.1 Å². The number of esters is 1. The Hall–Kier alpha value is -1.14. The van der Waals surface area contributed by atoms with E-state index in [1.54, 1.807) is 11.3 Å². The predicted octanol–water partition coefficient (Wildman–Crippen LogP) is 2.39. The van der Waals surface area contributed by atoms with Crippen LogP contribution in [0.15, 0.2) is 5.38 Å². The largest absolute Gasteiger partial charge is 0.469 e. The minimum absolute atomic E-state index is 0.184. The summed E-state index contributed by atoms with van der Waals surface area (Å²) in [6, 6.07) is 0. The first-order valence-corrected chi connectivity index (χ1v) is 8.53. The van der Waals surface area contributed by atoms with E-state index in [0.29, 0.717) is 18.8 Å². The molecule has 1 unspecified atom stereocenters. The van der Waals surface area contributed by atoms with Crippen LogP contribution >= 0.6 is 11.3 Å². The number of likely N-dealkylation sites (tertiary alicyclic amines) is 1. The number of carbonyl (C=O) groups excluding carboxylic acids is 1. The van der Waals surface area contributed by atoms with Crippen LogP contribution in [0.4, 0.5) is 5.13 Å². The van der Waals surface area contributed by atoms with Crippen LogP contribution in [0, 0.1) is 5.92 Å². The molecule has 0 aromatic carbocycles. The molecule has 6 heteroatoms. The molecule has 1 saturated heterocycles. The number of hydrogen-bond donors (Lipinski definition) is 1. The molecule has 1 aliphatic heterocycles. The summed E-state index contributed by atoms with van der Waals surface area (Å²) in [7, 11) is 1.41. The van der Waals surface area contributed by atoms with Crippen LogP contribution in [0.5, 0.6) is 0 Å². The molecule has 1 aromatic rings. The normalized spacial score (nSPS) is 16.9. The van der Waals surface area contributed by atoms with Crippen LogP contribution in [-0.2, 0) is 16.0 Å². The number of anilines is 1. The van der Waals surface area contributed by atoms with Gasteiger partial charge in [0.25, 0.3) is 0 Å². The van der Waals surface area contributed by atoms with E-state index in [2.05, 4.69) is 26.9 Å². The van der Waals surface area contributed by atoms with E-state index in [0.717, 1.165) is 23.9 Å². The molecule has 21 heavy (non-hydrogen) atoms. The van der Waals surface area contributed by atoms with Crippen LogP contribution in [0.3, 0.4) is 0 Å². The van der Waals surface area contributed by atoms with Crippen LogP contribution in [0.1, 0.15) is 31.9 Å². The average molecular weight is 311 g/mol. The maximum atomic E-state index is 11.1. The molecule has 2 heterocycles. The summed E-state index contributed by atoms with van der Waals surface area (Å²) in [4.78, 5) is 18.1. The fourth-order valence-corrected chi connectivity index (χ4v) is 3.32. The molecule has 0 aliphatic carbocycles. The molecule has 0 saturated carbocycles. The van der Waals surface area contributed by atoms with Crippen molar-refractivity contribution < 1.29 is 9.53 Å². The van der Waals surface area contributed by atoms with Crippen molar-refractivity contribution in [2.75, 3.05) is 38.6 Å². The van der Waals surface area contributed by atoms with Gasteiger partial charge < -0.3 is 15.0 Å². The second-order valence-corrected chi connectivity index (χ2v) is 6.57. The minimum Gasteiger partial charge on any atom is -0.469 e. The monoisotopic (exact) mass is 311 g/mol. The van der Waals surface area contributed by atoms with Gasteiger partial charge in [-0.3, -0.25) is 4.79 Å². The first-order chi connectivity index (χ1) is 10.2. The topological polar surface area (TPSA) is 54.5 Å². The summed E-state index contributed by atoms with van der Waals surface area (Å²) in [6.07, 6.45) is 3.73. The number of carbonyl (C=O) groups is 1. The Bertz CT molecular complexity index is 444. The number of nitrogens with one attached hydrogen (secondary N) is 1. The van der Waals surface area contributed by atoms with E-state index in [1.807, 2.05) is 5.38 Å². The van der Waals surface area contributed by atoms with Crippen LogP contribution < -0.4 is 5.32 Å². The Labute approximate surface area is 130 Å². The zero-order valence-electron chi connectivity index (χ0n) is 12.9. The van der Waals surface area contributed by atoms with Crippen molar-refractivity contribution >= 4 is 22.4 Å². The molecule has 1 aliphatic rings. The number of aromatic nitrogens is 1. The molecular weight excluding hydrogens is 286 g/mol. The standard InChI is InChI=1S/C15H25N3O2S/c1-12(10-18-7-3-4-8-18)9-16-15-17-13(11-21-15)5-6-14(19)20-2/h11-12H,3-10H2,1-2H3,(H,16,17). The summed E-state index contributed by atoms with van der Waals surface area (Å²) < 4.78 is 4.64. The molecule has 0 bridgehead atoms. The summed E-state index contributed by atoms with van der Waals surface area (Å²) in [5.74, 6) is 0.433. The Kier molecular flexibility index (Phi) is 6.45. The van der Waals surface area contributed by atoms with Gasteiger partial charge in [0, 0.05) is 24.9 Å². The lowest BCUT2D eigenvalue weighted by molar-refractivity contribution is -0.140. The lowest BCUT2D eigenvalue weighted by atomic mass is 10.1. The highest BCUT2D eigenvalue weighted by Gasteiger charge is 2.14. The van der Waals surface area contributed by atoms with Gasteiger partial charge in [0.15, 0.2) is 5.13 Å². The first kappa shape index (κ1) is 16.2. The average Bonchev–Trinajstić information content (AvgIpc) is 3.14. The fraction of sp³-hybridized carbons (Fsp3) is 0.733. The highest BCUT2D eigenvalue weighted by molar-refractivity contribution is 7.13. The third-order valence-electron chi connectivity index (χ3n) is 3.73. The van der Waals surface area contributed by atoms with E-state index in [1.165, 1.54) is 33.0 Å². The molecule has 0 radical (unpaired) electrons. The van der Waals surface area contributed by atoms with Crippen LogP contribution in [0.2, 0.25) is 0 Å². The molecule has 118 valence electrons. The zero-order chi connectivity index (χ0) is 15.1. The smallest absolute Gasteiger partial charge is 0.305 e. The Morgan fingerprint density at radius 2 is 2.29 bits per heavy atom. The van der Waals surface area contributed by atoms with Crippen molar-refractivity contribution in [2.45, 2.75) is 32.6 Å². The molecule has 1 aromatic heterocycles. The van der Waals surface area contributed by atoms with E-state index < -0.39 is 0 Å². The first-order valence-electron chi connectivity index (χ1n) is 7.65. The van der Waals surface area contributed by atoms with Crippen molar-refractivity contribution in [3.63, 3.8) is 0 Å². The molecule has 1 fully saturated rings. The zero-order valence-corrected chi connectivity index (χ0v) is 13.7. The number of aryl methyl sites for hydroxylation is 1. The van der Waals surface area contributed by atoms with Crippen LogP contribution in [-0.4, -0.2) is 49.1 Å². The number of nitrogens with zero attached hydrogens (tertiary/aromatic N) is 2. The Morgan fingerprint density at radius 1 is 1.52 bits per heavy atom. The molecule has 0 amide bonds. The Balaban J connectivity index is 1.68. The number of methoxy groups -OCH3 is 1. The number of ether oxygens (including phenoxy) is 1. The lowest BCUT2D eigenvalue weighted by Crippen LogP contribution is -2.28. The maximum absolute atomic E-state index is 11.1. The van der Waals surface area contributed by atoms with Gasteiger partial charge in [0.1, 0.15) is 0 Å². The van der Waals surface area contributed by atoms with Crippen molar-refractivity contribution in [2.24, 2.45) is 5.92 Å². The van der Waals surface area contributed by atoms with E-state index >= 15 is 0 Å². The summed E-state index contributed by atoms with van der Waals surface area (Å²) >= 11 is 1.61. The predicted molar refractivity (Wildman–Crippen MR) is 85.8 cm³/mol. The molecular formula is C15H25N3O2S. The number of thiazole rings is 1. The minimum atomic E-state index is -0.184. The molecule has 1 N–H and O–H groups in total. The van der Waals surface area contributed by atoms with E-state index in [-0.39, 0.29) is 5.97 Å². The quantitative estimate of drug-likeness (QED) is 0.747. The SMILES string of the molecule is COC(=O)CCc1csc(NCC(C)CN2CCCC2)n1. The second-order valence-electron chi connectivity index (χ2n) is 5.71. The van der Waals surface area contributed by atoms with E-state index in [4.69, 9.17) is 0 Å². The third-order valence-corrected chi connectivity index (χ3v) is 4.58. The molecule has 5 nitrogen and oxygen atoms in total. The second kappa shape index (κ2) is 8.34. The molecule has 2 rings (SSSR count). The highest BCUT2D eigenvalue weighted by atomic mass is 32.1. The third kappa shape index (κ3) is 5.63. The maximum Gasteiger partial charge on any atom is 0.305 e. The molecule has 0 spiro atoms. The van der Waals surface area contributed by atoms with Gasteiger partial charge in [-0.2, -0.15) is 0 Å². The fourth-order valence-electron chi connectivity index (χ4n) is 2.57. The van der Waals surface area contributed by atoms with Gasteiger partial charge in [-0.25, -0.2) is 4.98 Å². The number of rotatable bonds is 8. The molecule has 1 atom stereocenters. The van der Waals surface area contributed by atoms with Gasteiger partial charge in [0.05, 0.1) is 19.2 Å². The van der Waals surface area contributed by atoms with Gasteiger partial charge in [0.2, 0.25) is 0 Å². The summed E-state index contributed by atoms with van der Waals surface area (Å²) in [6.45, 7) is 6.88. The van der Waals surface area contributed by atoms with Gasteiger partial charge in [-0.1, -0.05) is 6.92 Å². The van der Waals surface area contributed by atoms with Gasteiger partial charge in [-0.15, -0.1) is 11.3 Å². The van der Waals surface area contributed by atoms with Gasteiger partial charge >= 0.3 is 5.97 Å². The Morgan fingerprint density at radius 3 is 3.00 bits per heavy atom. The van der Waals surface area contributed by atoms with Crippen LogP contribution in [0.25, 0.3) is 0 Å². The lowest BCUT2D eigenvalue weighted by Gasteiger charge is -2.20.